The van der Waals surface area contributed by atoms with Crippen molar-refractivity contribution < 1.29 is 32.9 Å². The Bertz CT molecular complexity index is 1880. The first-order valence-electron chi connectivity index (χ1n) is 13.9. The molecular weight excluding hydrogens is 587 g/mol. The summed E-state index contributed by atoms with van der Waals surface area (Å²) in [6, 6.07) is 15.8. The number of para-hydroxylation sites is 1. The highest BCUT2D eigenvalue weighted by Crippen LogP contribution is 2.35. The van der Waals surface area contributed by atoms with Gasteiger partial charge in [-0.05, 0) is 61.4 Å². The van der Waals surface area contributed by atoms with Gasteiger partial charge in [-0.3, -0.25) is 9.36 Å². The number of carbonyl (C=O) groups is 1. The van der Waals surface area contributed by atoms with Gasteiger partial charge >= 0.3 is 5.97 Å². The van der Waals surface area contributed by atoms with Crippen LogP contribution in [0.3, 0.4) is 0 Å². The standard InChI is InChI=1S/C33H31FN2O7S/c1-5-41-25-15-12-21(16-27(25)42-6-2)29-24(32(38)40-4)18-35-33-36(29)31(37)28(44-33)17-22-8-7-9-26(39-3)30(22)43-19-20-10-13-23(34)14-11-20/h7-18,29H,5-6,19H2,1-4H3/b28-17+/t29-/m1/s1. The molecule has 1 aliphatic rings. The highest BCUT2D eigenvalue weighted by atomic mass is 32.1. The summed E-state index contributed by atoms with van der Waals surface area (Å²) in [5.74, 6) is 0.997. The summed E-state index contributed by atoms with van der Waals surface area (Å²) < 4.78 is 43.5. The topological polar surface area (TPSA) is 97.6 Å². The zero-order valence-electron chi connectivity index (χ0n) is 24.7. The molecule has 3 aromatic carbocycles. The second kappa shape index (κ2) is 13.6. The second-order valence-corrected chi connectivity index (χ2v) is 10.6. The molecule has 44 heavy (non-hydrogen) atoms. The quantitative estimate of drug-likeness (QED) is 0.228. The van der Waals surface area contributed by atoms with Crippen LogP contribution < -0.4 is 33.8 Å². The molecule has 1 atom stereocenters. The lowest BCUT2D eigenvalue weighted by atomic mass is 9.97. The van der Waals surface area contributed by atoms with Crippen molar-refractivity contribution in [3.8, 4) is 23.0 Å². The van der Waals surface area contributed by atoms with Gasteiger partial charge in [0, 0.05) is 11.8 Å². The first-order chi connectivity index (χ1) is 21.4. The Labute approximate surface area is 257 Å². The van der Waals surface area contributed by atoms with E-state index < -0.39 is 12.0 Å². The van der Waals surface area contributed by atoms with Crippen molar-refractivity contribution in [3.63, 3.8) is 0 Å². The van der Waals surface area contributed by atoms with E-state index in [-0.39, 0.29) is 23.6 Å². The van der Waals surface area contributed by atoms with Crippen LogP contribution in [-0.4, -0.2) is 38.0 Å². The summed E-state index contributed by atoms with van der Waals surface area (Å²) in [4.78, 5) is 31.8. The van der Waals surface area contributed by atoms with Crippen molar-refractivity contribution in [1.82, 2.24) is 4.57 Å². The summed E-state index contributed by atoms with van der Waals surface area (Å²) in [5, 5.41) is 0. The number of fused-ring (bicyclic) bond motifs is 1. The summed E-state index contributed by atoms with van der Waals surface area (Å²) in [5.41, 5.74) is 1.83. The zero-order chi connectivity index (χ0) is 31.2. The number of aromatic nitrogens is 1. The molecule has 11 heteroatoms. The Morgan fingerprint density at radius 2 is 1.73 bits per heavy atom. The number of carbonyl (C=O) groups excluding carboxylic acids is 1. The van der Waals surface area contributed by atoms with Gasteiger partial charge in [-0.15, -0.1) is 0 Å². The van der Waals surface area contributed by atoms with Crippen LogP contribution in [-0.2, 0) is 16.1 Å². The number of ether oxygens (including phenoxy) is 5. The van der Waals surface area contributed by atoms with Crippen molar-refractivity contribution >= 4 is 23.4 Å². The first kappa shape index (κ1) is 30.6. The van der Waals surface area contributed by atoms with E-state index in [1.807, 2.05) is 13.8 Å². The van der Waals surface area contributed by atoms with E-state index in [1.165, 1.54) is 48.5 Å². The Morgan fingerprint density at radius 3 is 2.43 bits per heavy atom. The Morgan fingerprint density at radius 1 is 0.977 bits per heavy atom. The summed E-state index contributed by atoms with van der Waals surface area (Å²) >= 11 is 1.18. The van der Waals surface area contributed by atoms with Gasteiger partial charge in [0.2, 0.25) is 0 Å². The number of thiazole rings is 1. The van der Waals surface area contributed by atoms with Crippen LogP contribution in [0.4, 0.5) is 4.39 Å². The lowest BCUT2D eigenvalue weighted by molar-refractivity contribution is -0.136. The van der Waals surface area contributed by atoms with E-state index >= 15 is 0 Å². The lowest BCUT2D eigenvalue weighted by Gasteiger charge is -2.23. The van der Waals surface area contributed by atoms with Gasteiger partial charge in [-0.25, -0.2) is 14.2 Å². The molecule has 0 aliphatic carbocycles. The SMILES string of the molecule is CCOc1ccc([C@@H]2C(C(=O)OC)=CN=c3s/c(=C/c4cccc(OC)c4OCc4ccc(F)cc4)c(=O)n32)cc1OCC. The third kappa shape index (κ3) is 6.23. The molecule has 0 unspecified atom stereocenters. The molecule has 2 heterocycles. The molecule has 0 bridgehead atoms. The van der Waals surface area contributed by atoms with Crippen molar-refractivity contribution in [3.05, 3.63) is 115 Å². The Kier molecular flexibility index (Phi) is 9.44. The fourth-order valence-corrected chi connectivity index (χ4v) is 5.79. The van der Waals surface area contributed by atoms with Gasteiger partial charge < -0.3 is 23.7 Å². The molecule has 0 saturated carbocycles. The van der Waals surface area contributed by atoms with E-state index in [4.69, 9.17) is 23.7 Å². The average molecular weight is 619 g/mol. The molecule has 228 valence electrons. The van der Waals surface area contributed by atoms with Crippen LogP contribution in [0.25, 0.3) is 6.08 Å². The molecule has 0 fully saturated rings. The molecule has 0 amide bonds. The maximum Gasteiger partial charge on any atom is 0.337 e. The van der Waals surface area contributed by atoms with Crippen molar-refractivity contribution in [2.45, 2.75) is 26.5 Å². The van der Waals surface area contributed by atoms with Crippen LogP contribution in [0.15, 0.2) is 82.2 Å². The van der Waals surface area contributed by atoms with Gasteiger partial charge in [0.05, 0.1) is 43.6 Å². The maximum atomic E-state index is 14.1. The molecule has 0 saturated heterocycles. The molecule has 0 N–H and O–H groups in total. The Balaban J connectivity index is 1.61. The van der Waals surface area contributed by atoms with Crippen LogP contribution in [0.2, 0.25) is 0 Å². The largest absolute Gasteiger partial charge is 0.493 e. The van der Waals surface area contributed by atoms with Crippen LogP contribution in [0.5, 0.6) is 23.0 Å². The first-order valence-corrected chi connectivity index (χ1v) is 14.7. The van der Waals surface area contributed by atoms with Crippen LogP contribution in [0, 0.1) is 5.82 Å². The summed E-state index contributed by atoms with van der Waals surface area (Å²) in [7, 11) is 2.81. The minimum Gasteiger partial charge on any atom is -0.493 e. The molecule has 0 spiro atoms. The Hall–Kier alpha value is -4.90. The second-order valence-electron chi connectivity index (χ2n) is 9.54. The van der Waals surface area contributed by atoms with E-state index in [2.05, 4.69) is 4.99 Å². The third-order valence-electron chi connectivity index (χ3n) is 6.82. The van der Waals surface area contributed by atoms with Gasteiger partial charge in [-0.2, -0.15) is 0 Å². The number of hydrogen-bond donors (Lipinski definition) is 0. The summed E-state index contributed by atoms with van der Waals surface area (Å²) in [6.07, 6.45) is 3.14. The van der Waals surface area contributed by atoms with E-state index in [0.717, 1.165) is 5.56 Å². The molecular formula is C33H31FN2O7S. The van der Waals surface area contributed by atoms with Crippen LogP contribution >= 0.6 is 11.3 Å². The fourth-order valence-electron chi connectivity index (χ4n) is 4.83. The number of hydrogen-bond acceptors (Lipinski definition) is 9. The third-order valence-corrected chi connectivity index (χ3v) is 7.82. The smallest absolute Gasteiger partial charge is 0.337 e. The number of halogens is 1. The molecule has 0 radical (unpaired) electrons. The lowest BCUT2D eigenvalue weighted by Crippen LogP contribution is -2.39. The van der Waals surface area contributed by atoms with Gasteiger partial charge in [-0.1, -0.05) is 41.7 Å². The molecule has 9 nitrogen and oxygen atoms in total. The van der Waals surface area contributed by atoms with E-state index in [9.17, 15) is 14.0 Å². The number of methoxy groups -OCH3 is 2. The normalized spacial score (nSPS) is 14.2. The highest BCUT2D eigenvalue weighted by Gasteiger charge is 2.31. The molecule has 5 rings (SSSR count). The molecule has 1 aromatic heterocycles. The van der Waals surface area contributed by atoms with Crippen molar-refractivity contribution in [1.29, 1.82) is 0 Å². The van der Waals surface area contributed by atoms with E-state index in [1.54, 1.807) is 54.6 Å². The van der Waals surface area contributed by atoms with Crippen molar-refractivity contribution in [2.24, 2.45) is 4.99 Å². The zero-order valence-corrected chi connectivity index (χ0v) is 25.5. The van der Waals surface area contributed by atoms with E-state index in [0.29, 0.717) is 56.7 Å². The number of esters is 1. The molecule has 1 aliphatic heterocycles. The number of nitrogens with zero attached hydrogens (tertiary/aromatic N) is 2. The highest BCUT2D eigenvalue weighted by molar-refractivity contribution is 7.07. The van der Waals surface area contributed by atoms with Gasteiger partial charge in [0.1, 0.15) is 12.4 Å². The predicted molar refractivity (Wildman–Crippen MR) is 164 cm³/mol. The van der Waals surface area contributed by atoms with Gasteiger partial charge in [0.25, 0.3) is 5.56 Å². The van der Waals surface area contributed by atoms with Gasteiger partial charge in [0.15, 0.2) is 27.8 Å². The number of rotatable bonds is 11. The minimum absolute atomic E-state index is 0.158. The van der Waals surface area contributed by atoms with Crippen molar-refractivity contribution in [2.75, 3.05) is 27.4 Å². The monoisotopic (exact) mass is 618 g/mol. The summed E-state index contributed by atoms with van der Waals surface area (Å²) in [6.45, 7) is 4.74. The maximum absolute atomic E-state index is 14.1. The predicted octanol–water partition coefficient (Wildman–Crippen LogP) is 4.54. The average Bonchev–Trinajstić information content (AvgIpc) is 3.35. The molecule has 4 aromatic rings. The number of benzene rings is 3. The fraction of sp³-hybridized carbons (Fsp3) is 0.242. The minimum atomic E-state index is -0.824. The van der Waals surface area contributed by atoms with Crippen LogP contribution in [0.1, 0.15) is 36.6 Å².